The van der Waals surface area contributed by atoms with E-state index in [1.807, 2.05) is 42.0 Å². The van der Waals surface area contributed by atoms with Crippen LogP contribution in [0.4, 0.5) is 0 Å². The maximum atomic E-state index is 9.32. The van der Waals surface area contributed by atoms with Crippen LogP contribution >= 0.6 is 0 Å². The first-order valence-corrected chi connectivity index (χ1v) is 5.76. The van der Waals surface area contributed by atoms with E-state index in [0.29, 0.717) is 5.71 Å². The highest BCUT2D eigenvalue weighted by atomic mass is 16.5. The fourth-order valence-electron chi connectivity index (χ4n) is 2.36. The normalized spacial score (nSPS) is 24.6. The van der Waals surface area contributed by atoms with Crippen LogP contribution in [-0.4, -0.2) is 26.6 Å². The predicted molar refractivity (Wildman–Crippen MR) is 66.1 cm³/mol. The Kier molecular flexibility index (Phi) is 2.51. The van der Waals surface area contributed by atoms with Crippen molar-refractivity contribution in [2.24, 2.45) is 5.16 Å². The number of benzene rings is 1. The summed E-state index contributed by atoms with van der Waals surface area (Å²) in [6, 6.07) is 7.39. The molecule has 0 spiro atoms. The summed E-state index contributed by atoms with van der Waals surface area (Å²) in [5.74, 6) is 0.745. The molecule has 0 amide bonds. The number of nitrogens with zero attached hydrogens (tertiary/aromatic N) is 3. The topological polar surface area (TPSA) is 59.6 Å². The van der Waals surface area contributed by atoms with Crippen molar-refractivity contribution in [3.63, 3.8) is 0 Å². The van der Waals surface area contributed by atoms with E-state index >= 15 is 0 Å². The van der Waals surface area contributed by atoms with E-state index in [1.54, 1.807) is 12.5 Å². The smallest absolute Gasteiger partial charge is 0.129 e. The maximum absolute atomic E-state index is 9.32. The van der Waals surface area contributed by atoms with Crippen LogP contribution in [0, 0.1) is 0 Å². The third-order valence-corrected chi connectivity index (χ3v) is 3.15. The van der Waals surface area contributed by atoms with Crippen LogP contribution < -0.4 is 4.74 Å². The van der Waals surface area contributed by atoms with Crippen LogP contribution in [0.1, 0.15) is 18.5 Å². The van der Waals surface area contributed by atoms with Crippen LogP contribution in [0.3, 0.4) is 0 Å². The van der Waals surface area contributed by atoms with E-state index in [0.717, 1.165) is 11.3 Å². The van der Waals surface area contributed by atoms with Gasteiger partial charge in [-0.25, -0.2) is 4.98 Å². The summed E-state index contributed by atoms with van der Waals surface area (Å²) in [6.07, 6.45) is 5.11. The molecule has 2 aromatic rings. The van der Waals surface area contributed by atoms with Gasteiger partial charge in [0.15, 0.2) is 0 Å². The molecule has 5 heteroatoms. The first-order chi connectivity index (χ1) is 8.81. The van der Waals surface area contributed by atoms with Gasteiger partial charge in [-0.1, -0.05) is 17.3 Å². The highest BCUT2D eigenvalue weighted by Crippen LogP contribution is 2.33. The van der Waals surface area contributed by atoms with Crippen LogP contribution in [0.5, 0.6) is 5.75 Å². The molecule has 92 valence electrons. The SMILES string of the molecule is CC1Oc2ccccc2C(=NO)C1n1ccnc1. The molecule has 0 aliphatic carbocycles. The fraction of sp³-hybridized carbons (Fsp3) is 0.231. The van der Waals surface area contributed by atoms with Crippen molar-refractivity contribution in [3.8, 4) is 5.75 Å². The molecule has 1 aliphatic heterocycles. The Morgan fingerprint density at radius 3 is 2.94 bits per heavy atom. The van der Waals surface area contributed by atoms with E-state index < -0.39 is 0 Å². The highest BCUT2D eigenvalue weighted by Gasteiger charge is 2.34. The van der Waals surface area contributed by atoms with Crippen molar-refractivity contribution < 1.29 is 9.94 Å². The highest BCUT2D eigenvalue weighted by molar-refractivity contribution is 6.06. The average Bonchev–Trinajstić information content (AvgIpc) is 2.90. The van der Waals surface area contributed by atoms with E-state index in [4.69, 9.17) is 4.74 Å². The van der Waals surface area contributed by atoms with Crippen LogP contribution in [0.2, 0.25) is 0 Å². The van der Waals surface area contributed by atoms with Crippen molar-refractivity contribution in [2.45, 2.75) is 19.1 Å². The number of imidazole rings is 1. The quantitative estimate of drug-likeness (QED) is 0.616. The number of hydrogen-bond donors (Lipinski definition) is 1. The van der Waals surface area contributed by atoms with Gasteiger partial charge in [-0.05, 0) is 19.1 Å². The van der Waals surface area contributed by atoms with Crippen molar-refractivity contribution in [3.05, 3.63) is 48.5 Å². The molecule has 0 bridgehead atoms. The molecular weight excluding hydrogens is 230 g/mol. The summed E-state index contributed by atoms with van der Waals surface area (Å²) in [7, 11) is 0. The van der Waals surface area contributed by atoms with Gasteiger partial charge in [0.2, 0.25) is 0 Å². The number of oxime groups is 1. The van der Waals surface area contributed by atoms with Crippen molar-refractivity contribution in [1.82, 2.24) is 9.55 Å². The Hall–Kier alpha value is -2.30. The molecule has 5 nitrogen and oxygen atoms in total. The standard InChI is InChI=1S/C13H13N3O2/c1-9-13(16-7-6-14-8-16)12(15-17)10-4-2-3-5-11(10)18-9/h2-9,13,17H,1H3. The lowest BCUT2D eigenvalue weighted by Gasteiger charge is -2.32. The molecule has 3 rings (SSSR count). The predicted octanol–water partition coefficient (Wildman–Crippen LogP) is 2.08. The lowest BCUT2D eigenvalue weighted by atomic mass is 9.95. The third kappa shape index (κ3) is 1.55. The molecule has 2 heterocycles. The van der Waals surface area contributed by atoms with Gasteiger partial charge in [0.25, 0.3) is 0 Å². The third-order valence-electron chi connectivity index (χ3n) is 3.15. The second-order valence-corrected chi connectivity index (χ2v) is 4.26. The first kappa shape index (κ1) is 10.8. The lowest BCUT2D eigenvalue weighted by molar-refractivity contribution is 0.173. The average molecular weight is 243 g/mol. The van der Waals surface area contributed by atoms with Crippen LogP contribution in [0.25, 0.3) is 0 Å². The first-order valence-electron chi connectivity index (χ1n) is 5.76. The molecule has 18 heavy (non-hydrogen) atoms. The minimum Gasteiger partial charge on any atom is -0.487 e. The summed E-state index contributed by atoms with van der Waals surface area (Å²) in [5.41, 5.74) is 1.42. The molecule has 2 atom stereocenters. The van der Waals surface area contributed by atoms with Gasteiger partial charge in [0.1, 0.15) is 23.6 Å². The summed E-state index contributed by atoms with van der Waals surface area (Å²) < 4.78 is 7.74. The Balaban J connectivity index is 2.13. The Labute approximate surface area is 104 Å². The van der Waals surface area contributed by atoms with Gasteiger partial charge in [0, 0.05) is 18.0 Å². The summed E-state index contributed by atoms with van der Waals surface area (Å²) in [4.78, 5) is 4.03. The fourth-order valence-corrected chi connectivity index (χ4v) is 2.36. The molecule has 2 unspecified atom stereocenters. The second-order valence-electron chi connectivity index (χ2n) is 4.26. The van der Waals surface area contributed by atoms with Crippen LogP contribution in [-0.2, 0) is 0 Å². The van der Waals surface area contributed by atoms with E-state index in [2.05, 4.69) is 10.1 Å². The zero-order chi connectivity index (χ0) is 12.5. The zero-order valence-corrected chi connectivity index (χ0v) is 9.89. The minimum absolute atomic E-state index is 0.125. The van der Waals surface area contributed by atoms with Gasteiger partial charge < -0.3 is 14.5 Å². The molecule has 1 aromatic carbocycles. The Morgan fingerprint density at radius 2 is 2.22 bits per heavy atom. The number of ether oxygens (including phenoxy) is 1. The monoisotopic (exact) mass is 243 g/mol. The Morgan fingerprint density at radius 1 is 1.39 bits per heavy atom. The molecule has 0 saturated heterocycles. The van der Waals surface area contributed by atoms with Gasteiger partial charge in [-0.2, -0.15) is 0 Å². The summed E-state index contributed by atoms with van der Waals surface area (Å²) in [6.45, 7) is 1.95. The number of fused-ring (bicyclic) bond motifs is 1. The number of rotatable bonds is 1. The van der Waals surface area contributed by atoms with E-state index in [1.165, 1.54) is 0 Å². The van der Waals surface area contributed by atoms with E-state index in [-0.39, 0.29) is 12.1 Å². The molecule has 0 saturated carbocycles. The van der Waals surface area contributed by atoms with Gasteiger partial charge in [-0.15, -0.1) is 0 Å². The number of hydrogen-bond acceptors (Lipinski definition) is 4. The maximum Gasteiger partial charge on any atom is 0.129 e. The molecular formula is C13H13N3O2. The summed E-state index contributed by atoms with van der Waals surface area (Å²) in [5, 5.41) is 12.8. The van der Waals surface area contributed by atoms with Gasteiger partial charge in [-0.3, -0.25) is 0 Å². The molecule has 1 aliphatic rings. The number of para-hydroxylation sites is 1. The van der Waals surface area contributed by atoms with Gasteiger partial charge >= 0.3 is 0 Å². The zero-order valence-electron chi connectivity index (χ0n) is 9.89. The van der Waals surface area contributed by atoms with E-state index in [9.17, 15) is 5.21 Å². The lowest BCUT2D eigenvalue weighted by Crippen LogP contribution is -2.37. The molecule has 0 radical (unpaired) electrons. The van der Waals surface area contributed by atoms with Crippen molar-refractivity contribution in [2.75, 3.05) is 0 Å². The largest absolute Gasteiger partial charge is 0.487 e. The van der Waals surface area contributed by atoms with Gasteiger partial charge in [0.05, 0.1) is 6.33 Å². The molecule has 1 N–H and O–H groups in total. The summed E-state index contributed by atoms with van der Waals surface area (Å²) >= 11 is 0. The van der Waals surface area contributed by atoms with Crippen molar-refractivity contribution in [1.29, 1.82) is 0 Å². The minimum atomic E-state index is -0.174. The molecule has 0 fully saturated rings. The number of aromatic nitrogens is 2. The Bertz CT molecular complexity index is 578. The second kappa shape index (κ2) is 4.18. The van der Waals surface area contributed by atoms with Crippen LogP contribution in [0.15, 0.2) is 48.1 Å². The molecule has 1 aromatic heterocycles. The van der Waals surface area contributed by atoms with Crippen molar-refractivity contribution >= 4 is 5.71 Å².